The van der Waals surface area contributed by atoms with Gasteiger partial charge in [-0.2, -0.15) is 0 Å². The van der Waals surface area contributed by atoms with E-state index in [-0.39, 0.29) is 12.1 Å². The van der Waals surface area contributed by atoms with Gasteiger partial charge in [0.25, 0.3) is 0 Å². The molecule has 3 unspecified atom stereocenters. The zero-order valence-corrected chi connectivity index (χ0v) is 12.3. The van der Waals surface area contributed by atoms with Crippen LogP contribution in [0.15, 0.2) is 18.2 Å². The van der Waals surface area contributed by atoms with Gasteiger partial charge in [0.2, 0.25) is 0 Å². The highest BCUT2D eigenvalue weighted by molar-refractivity contribution is 5.21. The first-order valence-electron chi connectivity index (χ1n) is 7.46. The zero-order valence-electron chi connectivity index (χ0n) is 12.3. The predicted molar refractivity (Wildman–Crippen MR) is 76.8 cm³/mol. The van der Waals surface area contributed by atoms with Gasteiger partial charge in [-0.25, -0.2) is 8.78 Å². The molecule has 0 aliphatic heterocycles. The molecule has 1 aromatic rings. The standard InChI is InChI=1S/C16H23F2NO2/c1-11-3-2-6-16(21,8-11)10-19-9-15(20)13-7-12(17)4-5-14(13)18/h4-5,7,11,15,19-21H,2-3,6,8-10H2,1H3. The Bertz CT molecular complexity index is 483. The van der Waals surface area contributed by atoms with Crippen molar-refractivity contribution in [3.05, 3.63) is 35.4 Å². The van der Waals surface area contributed by atoms with E-state index in [1.54, 1.807) is 0 Å². The van der Waals surface area contributed by atoms with Gasteiger partial charge in [-0.15, -0.1) is 0 Å². The second-order valence-corrected chi connectivity index (χ2v) is 6.24. The Morgan fingerprint density at radius 2 is 2.19 bits per heavy atom. The van der Waals surface area contributed by atoms with Gasteiger partial charge in [0.1, 0.15) is 11.6 Å². The third-order valence-electron chi connectivity index (χ3n) is 4.18. The molecule has 3 atom stereocenters. The summed E-state index contributed by atoms with van der Waals surface area (Å²) in [4.78, 5) is 0. The van der Waals surface area contributed by atoms with E-state index in [0.29, 0.717) is 12.5 Å². The van der Waals surface area contributed by atoms with Crippen molar-refractivity contribution in [2.75, 3.05) is 13.1 Å². The van der Waals surface area contributed by atoms with E-state index in [1.165, 1.54) is 0 Å². The number of rotatable bonds is 5. The summed E-state index contributed by atoms with van der Waals surface area (Å²) in [5, 5.41) is 23.4. The van der Waals surface area contributed by atoms with Gasteiger partial charge in [0, 0.05) is 18.7 Å². The van der Waals surface area contributed by atoms with Crippen molar-refractivity contribution >= 4 is 0 Å². The molecule has 0 bridgehead atoms. The van der Waals surface area contributed by atoms with E-state index < -0.39 is 23.3 Å². The highest BCUT2D eigenvalue weighted by Crippen LogP contribution is 2.31. The molecule has 0 amide bonds. The molecule has 3 nitrogen and oxygen atoms in total. The molecular weight excluding hydrogens is 276 g/mol. The zero-order chi connectivity index (χ0) is 15.5. The topological polar surface area (TPSA) is 52.5 Å². The SMILES string of the molecule is CC1CCCC(O)(CNCC(O)c2cc(F)ccc2F)C1. The van der Waals surface area contributed by atoms with Crippen LogP contribution in [0.5, 0.6) is 0 Å². The Kier molecular flexibility index (Phi) is 5.30. The quantitative estimate of drug-likeness (QED) is 0.783. The van der Waals surface area contributed by atoms with Crippen LogP contribution in [0, 0.1) is 17.6 Å². The summed E-state index contributed by atoms with van der Waals surface area (Å²) in [5.41, 5.74) is -0.829. The Morgan fingerprint density at radius 1 is 1.43 bits per heavy atom. The van der Waals surface area contributed by atoms with Crippen molar-refractivity contribution in [1.29, 1.82) is 0 Å². The Hall–Kier alpha value is -1.04. The van der Waals surface area contributed by atoms with Gasteiger partial charge < -0.3 is 15.5 Å². The minimum atomic E-state index is -1.13. The normalized spacial score (nSPS) is 27.6. The van der Waals surface area contributed by atoms with E-state index in [0.717, 1.165) is 43.9 Å². The first-order chi connectivity index (χ1) is 9.89. The van der Waals surface area contributed by atoms with Gasteiger partial charge in [-0.1, -0.05) is 19.8 Å². The summed E-state index contributed by atoms with van der Waals surface area (Å²) in [5.74, 6) is -0.725. The molecule has 1 aliphatic carbocycles. The minimum absolute atomic E-state index is 0.0634. The highest BCUT2D eigenvalue weighted by atomic mass is 19.1. The van der Waals surface area contributed by atoms with Crippen molar-refractivity contribution in [3.8, 4) is 0 Å². The van der Waals surface area contributed by atoms with Crippen molar-refractivity contribution in [2.24, 2.45) is 5.92 Å². The summed E-state index contributed by atoms with van der Waals surface area (Å²) < 4.78 is 26.6. The number of benzene rings is 1. The van der Waals surface area contributed by atoms with Crippen molar-refractivity contribution in [2.45, 2.75) is 44.3 Å². The smallest absolute Gasteiger partial charge is 0.129 e. The Balaban J connectivity index is 1.86. The monoisotopic (exact) mass is 299 g/mol. The van der Waals surface area contributed by atoms with Crippen LogP contribution in [0.25, 0.3) is 0 Å². The van der Waals surface area contributed by atoms with Crippen LogP contribution in [0.2, 0.25) is 0 Å². The van der Waals surface area contributed by atoms with E-state index in [4.69, 9.17) is 0 Å². The van der Waals surface area contributed by atoms with Gasteiger partial charge >= 0.3 is 0 Å². The van der Waals surface area contributed by atoms with Crippen LogP contribution in [0.1, 0.15) is 44.3 Å². The van der Waals surface area contributed by atoms with E-state index >= 15 is 0 Å². The van der Waals surface area contributed by atoms with Crippen LogP contribution in [0.3, 0.4) is 0 Å². The molecule has 0 aromatic heterocycles. The average Bonchev–Trinajstić information content (AvgIpc) is 2.41. The van der Waals surface area contributed by atoms with E-state index in [2.05, 4.69) is 12.2 Å². The number of aliphatic hydroxyl groups is 2. The first-order valence-corrected chi connectivity index (χ1v) is 7.46. The first kappa shape index (κ1) is 16.3. The van der Waals surface area contributed by atoms with Gasteiger partial charge in [-0.3, -0.25) is 0 Å². The average molecular weight is 299 g/mol. The second-order valence-electron chi connectivity index (χ2n) is 6.24. The fourth-order valence-corrected chi connectivity index (χ4v) is 3.11. The fraction of sp³-hybridized carbons (Fsp3) is 0.625. The number of nitrogens with one attached hydrogen (secondary N) is 1. The van der Waals surface area contributed by atoms with Gasteiger partial charge in [-0.05, 0) is 37.0 Å². The molecule has 1 fully saturated rings. The molecule has 0 saturated heterocycles. The number of hydrogen-bond acceptors (Lipinski definition) is 3. The third-order valence-corrected chi connectivity index (χ3v) is 4.18. The molecule has 1 saturated carbocycles. The number of halogens is 2. The Morgan fingerprint density at radius 3 is 2.90 bits per heavy atom. The summed E-state index contributed by atoms with van der Waals surface area (Å²) in [7, 11) is 0. The number of aliphatic hydroxyl groups excluding tert-OH is 1. The van der Waals surface area contributed by atoms with Crippen LogP contribution in [0.4, 0.5) is 8.78 Å². The molecule has 3 N–H and O–H groups in total. The Labute approximate surface area is 124 Å². The number of hydrogen-bond donors (Lipinski definition) is 3. The molecule has 118 valence electrons. The lowest BCUT2D eigenvalue weighted by molar-refractivity contribution is -0.0135. The summed E-state index contributed by atoms with van der Waals surface area (Å²) in [6, 6.07) is 3.02. The summed E-state index contributed by atoms with van der Waals surface area (Å²) in [6.45, 7) is 2.55. The third kappa shape index (κ3) is 4.46. The molecule has 1 aliphatic rings. The molecule has 1 aromatic carbocycles. The lowest BCUT2D eigenvalue weighted by Gasteiger charge is -2.36. The molecule has 0 heterocycles. The molecule has 5 heteroatoms. The molecule has 0 spiro atoms. The molecule has 21 heavy (non-hydrogen) atoms. The van der Waals surface area contributed by atoms with Crippen LogP contribution < -0.4 is 5.32 Å². The van der Waals surface area contributed by atoms with Crippen molar-refractivity contribution in [3.63, 3.8) is 0 Å². The molecule has 2 rings (SSSR count). The fourth-order valence-electron chi connectivity index (χ4n) is 3.11. The summed E-state index contributed by atoms with van der Waals surface area (Å²) in [6.07, 6.45) is 2.43. The van der Waals surface area contributed by atoms with E-state index in [9.17, 15) is 19.0 Å². The second kappa shape index (κ2) is 6.81. The van der Waals surface area contributed by atoms with Gasteiger partial charge in [0.05, 0.1) is 11.7 Å². The maximum absolute atomic E-state index is 13.5. The van der Waals surface area contributed by atoms with Crippen molar-refractivity contribution in [1.82, 2.24) is 5.32 Å². The minimum Gasteiger partial charge on any atom is -0.389 e. The predicted octanol–water partition coefficient (Wildman–Crippen LogP) is 2.53. The van der Waals surface area contributed by atoms with E-state index in [1.807, 2.05) is 0 Å². The van der Waals surface area contributed by atoms with Crippen LogP contribution in [-0.4, -0.2) is 28.9 Å². The molecule has 0 radical (unpaired) electrons. The van der Waals surface area contributed by atoms with Crippen LogP contribution in [-0.2, 0) is 0 Å². The summed E-state index contributed by atoms with van der Waals surface area (Å²) >= 11 is 0. The lowest BCUT2D eigenvalue weighted by atomic mass is 9.79. The lowest BCUT2D eigenvalue weighted by Crippen LogP contribution is -2.45. The maximum Gasteiger partial charge on any atom is 0.129 e. The largest absolute Gasteiger partial charge is 0.389 e. The maximum atomic E-state index is 13.5. The van der Waals surface area contributed by atoms with Crippen molar-refractivity contribution < 1.29 is 19.0 Å². The van der Waals surface area contributed by atoms with Crippen LogP contribution >= 0.6 is 0 Å². The highest BCUT2D eigenvalue weighted by Gasteiger charge is 2.32. The molecular formula is C16H23F2NO2. The van der Waals surface area contributed by atoms with Gasteiger partial charge in [0.15, 0.2) is 0 Å².